The van der Waals surface area contributed by atoms with Gasteiger partial charge in [-0.1, -0.05) is 0 Å². The van der Waals surface area contributed by atoms with Gasteiger partial charge in [0.15, 0.2) is 0 Å². The van der Waals surface area contributed by atoms with Crippen molar-refractivity contribution in [3.05, 3.63) is 0 Å². The van der Waals surface area contributed by atoms with Gasteiger partial charge in [0.2, 0.25) is 0 Å². The van der Waals surface area contributed by atoms with Gasteiger partial charge in [0.1, 0.15) is 0 Å². The Morgan fingerprint density at radius 3 is 2.69 bits per heavy atom. The van der Waals surface area contributed by atoms with Crippen molar-refractivity contribution in [1.29, 1.82) is 0 Å². The molecule has 0 bridgehead atoms. The lowest BCUT2D eigenvalue weighted by molar-refractivity contribution is 0.0520. The fraction of sp³-hybridized carbons (Fsp3) is 0.909. The molecule has 1 saturated carbocycles. The maximum atomic E-state index is 11.9. The highest BCUT2D eigenvalue weighted by molar-refractivity contribution is 5.74. The number of urea groups is 1. The average molecular weight is 228 g/mol. The molecule has 5 heteroatoms. The van der Waals surface area contributed by atoms with Crippen LogP contribution in [-0.2, 0) is 4.74 Å². The number of rotatable bonds is 4. The first-order valence-corrected chi connectivity index (χ1v) is 6.05. The van der Waals surface area contributed by atoms with Crippen LogP contribution in [0.1, 0.15) is 19.3 Å². The highest BCUT2D eigenvalue weighted by Gasteiger charge is 2.32. The van der Waals surface area contributed by atoms with E-state index in [2.05, 4.69) is 5.32 Å². The van der Waals surface area contributed by atoms with E-state index < -0.39 is 0 Å². The third-order valence-corrected chi connectivity index (χ3v) is 3.24. The highest BCUT2D eigenvalue weighted by Crippen LogP contribution is 2.33. The maximum absolute atomic E-state index is 11.9. The first-order chi connectivity index (χ1) is 7.81. The van der Waals surface area contributed by atoms with E-state index in [9.17, 15) is 4.79 Å². The van der Waals surface area contributed by atoms with Gasteiger partial charge in [0.05, 0.1) is 13.2 Å². The van der Waals surface area contributed by atoms with Crippen molar-refractivity contribution in [2.24, 2.45) is 5.92 Å². The van der Waals surface area contributed by atoms with Gasteiger partial charge in [-0.05, 0) is 25.2 Å². The Bertz CT molecular complexity index is 237. The number of hydrogen-bond donors (Lipinski definition) is 2. The third-order valence-electron chi connectivity index (χ3n) is 3.24. The maximum Gasteiger partial charge on any atom is 0.317 e. The number of carbonyl (C=O) groups excluding carboxylic acids is 1. The zero-order chi connectivity index (χ0) is 11.4. The Hall–Kier alpha value is -0.810. The van der Waals surface area contributed by atoms with Crippen molar-refractivity contribution in [1.82, 2.24) is 10.2 Å². The van der Waals surface area contributed by atoms with Gasteiger partial charge in [-0.15, -0.1) is 0 Å². The molecule has 5 nitrogen and oxygen atoms in total. The second-order valence-electron chi connectivity index (χ2n) is 4.51. The average Bonchev–Trinajstić information content (AvgIpc) is 3.13. The van der Waals surface area contributed by atoms with Crippen LogP contribution in [0.15, 0.2) is 0 Å². The number of ether oxygens (including phenoxy) is 1. The van der Waals surface area contributed by atoms with Gasteiger partial charge in [-0.2, -0.15) is 0 Å². The second-order valence-corrected chi connectivity index (χ2v) is 4.51. The second kappa shape index (κ2) is 5.50. The molecule has 1 heterocycles. The highest BCUT2D eigenvalue weighted by atomic mass is 16.5. The van der Waals surface area contributed by atoms with Crippen LogP contribution in [0, 0.1) is 5.92 Å². The summed E-state index contributed by atoms with van der Waals surface area (Å²) < 4.78 is 5.20. The van der Waals surface area contributed by atoms with Crippen LogP contribution in [0.2, 0.25) is 0 Å². The molecule has 1 saturated heterocycles. The summed E-state index contributed by atoms with van der Waals surface area (Å²) in [5.74, 6) is 0.581. The summed E-state index contributed by atoms with van der Waals surface area (Å²) in [6.07, 6.45) is 3.02. The van der Waals surface area contributed by atoms with Gasteiger partial charge in [0, 0.05) is 25.7 Å². The fourth-order valence-electron chi connectivity index (χ4n) is 2.08. The van der Waals surface area contributed by atoms with Crippen molar-refractivity contribution in [2.75, 3.05) is 32.9 Å². The fourth-order valence-corrected chi connectivity index (χ4v) is 2.08. The Labute approximate surface area is 95.8 Å². The molecule has 0 aromatic carbocycles. The number of amides is 2. The molecule has 2 N–H and O–H groups in total. The van der Waals surface area contributed by atoms with E-state index in [0.29, 0.717) is 38.6 Å². The molecule has 2 amide bonds. The van der Waals surface area contributed by atoms with Crippen LogP contribution in [0.3, 0.4) is 0 Å². The topological polar surface area (TPSA) is 61.8 Å². The smallest absolute Gasteiger partial charge is 0.317 e. The molecule has 2 fully saturated rings. The van der Waals surface area contributed by atoms with E-state index in [1.807, 2.05) is 0 Å². The van der Waals surface area contributed by atoms with Crippen LogP contribution in [0.5, 0.6) is 0 Å². The number of nitrogens with one attached hydrogen (secondary N) is 1. The molecule has 92 valence electrons. The summed E-state index contributed by atoms with van der Waals surface area (Å²) in [5, 5.41) is 12.0. The normalized spacial score (nSPS) is 22.9. The lowest BCUT2D eigenvalue weighted by atomic mass is 10.1. The number of carbonyl (C=O) groups is 1. The molecular formula is C11H20N2O3. The van der Waals surface area contributed by atoms with Gasteiger partial charge < -0.3 is 20.1 Å². The molecule has 0 aromatic heterocycles. The molecule has 2 rings (SSSR count). The van der Waals surface area contributed by atoms with Crippen molar-refractivity contribution in [2.45, 2.75) is 25.3 Å². The van der Waals surface area contributed by atoms with E-state index in [4.69, 9.17) is 9.84 Å². The van der Waals surface area contributed by atoms with E-state index in [0.717, 1.165) is 0 Å². The number of nitrogens with zero attached hydrogens (tertiary/aromatic N) is 1. The van der Waals surface area contributed by atoms with Gasteiger partial charge in [0.25, 0.3) is 0 Å². The first kappa shape index (κ1) is 11.7. The van der Waals surface area contributed by atoms with Gasteiger partial charge in [-0.25, -0.2) is 4.79 Å². The number of aliphatic hydroxyl groups excluding tert-OH is 1. The lowest BCUT2D eigenvalue weighted by Gasteiger charge is -2.29. The third kappa shape index (κ3) is 3.09. The zero-order valence-electron chi connectivity index (χ0n) is 9.52. The minimum atomic E-state index is -0.00588. The molecule has 0 aromatic rings. The van der Waals surface area contributed by atoms with Crippen molar-refractivity contribution >= 4 is 6.03 Å². The standard InChI is InChI=1S/C11H20N2O3/c14-6-3-10(9-1-2-9)12-11(15)13-4-7-16-8-5-13/h9-10,14H,1-8H2,(H,12,15). The molecule has 1 unspecified atom stereocenters. The Kier molecular flexibility index (Phi) is 4.01. The molecule has 0 radical (unpaired) electrons. The zero-order valence-corrected chi connectivity index (χ0v) is 9.52. The van der Waals surface area contributed by atoms with Crippen molar-refractivity contribution in [3.63, 3.8) is 0 Å². The van der Waals surface area contributed by atoms with Crippen LogP contribution in [0.4, 0.5) is 4.79 Å². The SMILES string of the molecule is O=C(NC(CCO)C1CC1)N1CCOCC1. The molecule has 1 aliphatic carbocycles. The number of hydrogen-bond acceptors (Lipinski definition) is 3. The molecule has 0 spiro atoms. The predicted molar refractivity (Wildman–Crippen MR) is 59.1 cm³/mol. The largest absolute Gasteiger partial charge is 0.396 e. The quantitative estimate of drug-likeness (QED) is 0.722. The molecule has 16 heavy (non-hydrogen) atoms. The molecular weight excluding hydrogens is 208 g/mol. The van der Waals surface area contributed by atoms with E-state index >= 15 is 0 Å². The summed E-state index contributed by atoms with van der Waals surface area (Å²) in [4.78, 5) is 13.7. The van der Waals surface area contributed by atoms with Crippen LogP contribution < -0.4 is 5.32 Å². The van der Waals surface area contributed by atoms with Crippen LogP contribution in [0.25, 0.3) is 0 Å². The van der Waals surface area contributed by atoms with Crippen LogP contribution >= 0.6 is 0 Å². The molecule has 2 aliphatic rings. The monoisotopic (exact) mass is 228 g/mol. The minimum absolute atomic E-state index is 0.00588. The Balaban J connectivity index is 1.79. The summed E-state index contributed by atoms with van der Waals surface area (Å²) in [7, 11) is 0. The lowest BCUT2D eigenvalue weighted by Crippen LogP contribution is -2.49. The summed E-state index contributed by atoms with van der Waals surface area (Å²) in [6.45, 7) is 2.73. The van der Waals surface area contributed by atoms with Crippen molar-refractivity contribution in [3.8, 4) is 0 Å². The molecule has 1 aliphatic heterocycles. The first-order valence-electron chi connectivity index (χ1n) is 6.05. The summed E-state index contributed by atoms with van der Waals surface area (Å²) >= 11 is 0. The van der Waals surface area contributed by atoms with E-state index in [1.165, 1.54) is 12.8 Å². The van der Waals surface area contributed by atoms with E-state index in [-0.39, 0.29) is 18.7 Å². The minimum Gasteiger partial charge on any atom is -0.396 e. The Morgan fingerprint density at radius 1 is 1.44 bits per heavy atom. The van der Waals surface area contributed by atoms with Crippen molar-refractivity contribution < 1.29 is 14.6 Å². The van der Waals surface area contributed by atoms with Crippen LogP contribution in [-0.4, -0.2) is 55.0 Å². The van der Waals surface area contributed by atoms with Gasteiger partial charge in [-0.3, -0.25) is 0 Å². The summed E-state index contributed by atoms with van der Waals surface area (Å²) in [6, 6.07) is 0.147. The van der Waals surface area contributed by atoms with E-state index in [1.54, 1.807) is 4.90 Å². The van der Waals surface area contributed by atoms with Gasteiger partial charge >= 0.3 is 6.03 Å². The number of morpholine rings is 1. The summed E-state index contributed by atoms with van der Waals surface area (Å²) in [5.41, 5.74) is 0. The Morgan fingerprint density at radius 2 is 2.12 bits per heavy atom. The predicted octanol–water partition coefficient (Wildman–Crippen LogP) is 0.189. The number of aliphatic hydroxyl groups is 1. The molecule has 1 atom stereocenters.